The number of amides is 1. The van der Waals surface area contributed by atoms with Crippen LogP contribution in [-0.2, 0) is 22.7 Å². The number of imidazole rings is 1. The maximum absolute atomic E-state index is 12.4. The van der Waals surface area contributed by atoms with Gasteiger partial charge in [-0.1, -0.05) is 0 Å². The number of aromatic nitrogens is 4. The summed E-state index contributed by atoms with van der Waals surface area (Å²) < 4.78 is 7.50. The lowest BCUT2D eigenvalue weighted by molar-refractivity contribution is -0.132. The Hall–Kier alpha value is -2.28. The molecule has 2 aromatic heterocycles. The van der Waals surface area contributed by atoms with E-state index in [1.165, 1.54) is 0 Å². The van der Waals surface area contributed by atoms with Gasteiger partial charge in [0.1, 0.15) is 5.82 Å². The standard InChI is InChI=1S/C19H27N5O2/c1-3-26-13-17-12-21-15(2)22-19(17)16-4-9-24(10-5-16)18(25)6-8-23-11-7-20-14-23/h7,11-12,14,16H,3-6,8-10,13H2,1-2H3. The molecule has 0 aromatic carbocycles. The smallest absolute Gasteiger partial charge is 0.224 e. The number of piperidine rings is 1. The fourth-order valence-corrected chi connectivity index (χ4v) is 3.39. The SMILES string of the molecule is CCOCc1cnc(C)nc1C1CCN(C(=O)CCn2ccnc2)CC1. The second kappa shape index (κ2) is 8.89. The van der Waals surface area contributed by atoms with Gasteiger partial charge in [0.2, 0.25) is 5.91 Å². The van der Waals surface area contributed by atoms with Gasteiger partial charge in [-0.2, -0.15) is 0 Å². The Kier molecular flexibility index (Phi) is 6.33. The van der Waals surface area contributed by atoms with Crippen LogP contribution in [0, 0.1) is 6.92 Å². The summed E-state index contributed by atoms with van der Waals surface area (Å²) >= 11 is 0. The van der Waals surface area contributed by atoms with Gasteiger partial charge in [0.15, 0.2) is 0 Å². The molecule has 1 fully saturated rings. The van der Waals surface area contributed by atoms with Gasteiger partial charge < -0.3 is 14.2 Å². The van der Waals surface area contributed by atoms with Crippen LogP contribution in [0.15, 0.2) is 24.9 Å². The number of rotatable bonds is 7. The Morgan fingerprint density at radius 1 is 1.35 bits per heavy atom. The zero-order valence-corrected chi connectivity index (χ0v) is 15.6. The highest BCUT2D eigenvalue weighted by molar-refractivity contribution is 5.76. The lowest BCUT2D eigenvalue weighted by atomic mass is 9.90. The van der Waals surface area contributed by atoms with Gasteiger partial charge in [-0.3, -0.25) is 4.79 Å². The van der Waals surface area contributed by atoms with Crippen LogP contribution >= 0.6 is 0 Å². The minimum Gasteiger partial charge on any atom is -0.377 e. The third-order valence-electron chi connectivity index (χ3n) is 4.86. The Labute approximate surface area is 154 Å². The van der Waals surface area contributed by atoms with Gasteiger partial charge in [-0.25, -0.2) is 15.0 Å². The van der Waals surface area contributed by atoms with Crippen LogP contribution in [0.25, 0.3) is 0 Å². The Morgan fingerprint density at radius 2 is 2.15 bits per heavy atom. The summed E-state index contributed by atoms with van der Waals surface area (Å²) in [6, 6.07) is 0. The summed E-state index contributed by atoms with van der Waals surface area (Å²) in [7, 11) is 0. The molecule has 0 saturated carbocycles. The lowest BCUT2D eigenvalue weighted by Gasteiger charge is -2.32. The van der Waals surface area contributed by atoms with E-state index >= 15 is 0 Å². The number of hydrogen-bond donors (Lipinski definition) is 0. The number of hydrogen-bond acceptors (Lipinski definition) is 5. The van der Waals surface area contributed by atoms with Crippen molar-refractivity contribution in [2.24, 2.45) is 0 Å². The number of carbonyl (C=O) groups is 1. The summed E-state index contributed by atoms with van der Waals surface area (Å²) in [4.78, 5) is 27.4. The van der Waals surface area contributed by atoms with E-state index in [0.717, 1.165) is 43.0 Å². The Balaban J connectivity index is 1.56. The van der Waals surface area contributed by atoms with Crippen molar-refractivity contribution >= 4 is 5.91 Å². The molecular formula is C19H27N5O2. The van der Waals surface area contributed by atoms with Crippen LogP contribution in [0.5, 0.6) is 0 Å². The summed E-state index contributed by atoms with van der Waals surface area (Å²) in [5.41, 5.74) is 2.17. The molecule has 0 aliphatic carbocycles. The lowest BCUT2D eigenvalue weighted by Crippen LogP contribution is -2.38. The summed E-state index contributed by atoms with van der Waals surface area (Å²) in [6.45, 7) is 7.39. The topological polar surface area (TPSA) is 73.1 Å². The van der Waals surface area contributed by atoms with Crippen molar-refractivity contribution in [1.82, 2.24) is 24.4 Å². The predicted molar refractivity (Wildman–Crippen MR) is 97.5 cm³/mol. The fourth-order valence-electron chi connectivity index (χ4n) is 3.39. The van der Waals surface area contributed by atoms with Crippen LogP contribution in [0.3, 0.4) is 0 Å². The van der Waals surface area contributed by atoms with Gasteiger partial charge in [0.25, 0.3) is 0 Å². The molecule has 2 aromatic rings. The van der Waals surface area contributed by atoms with Crippen molar-refractivity contribution in [2.75, 3.05) is 19.7 Å². The van der Waals surface area contributed by atoms with Crippen molar-refractivity contribution in [2.45, 2.75) is 52.2 Å². The minimum absolute atomic E-state index is 0.213. The summed E-state index contributed by atoms with van der Waals surface area (Å²) in [6.07, 6.45) is 9.64. The van der Waals surface area contributed by atoms with Gasteiger partial charge in [-0.15, -0.1) is 0 Å². The average molecular weight is 357 g/mol. The van der Waals surface area contributed by atoms with Crippen molar-refractivity contribution in [3.05, 3.63) is 42.0 Å². The van der Waals surface area contributed by atoms with E-state index in [-0.39, 0.29) is 5.91 Å². The van der Waals surface area contributed by atoms with E-state index in [0.29, 0.717) is 32.1 Å². The van der Waals surface area contributed by atoms with Crippen LogP contribution in [0.4, 0.5) is 0 Å². The van der Waals surface area contributed by atoms with Gasteiger partial charge in [0, 0.05) is 62.7 Å². The quantitative estimate of drug-likeness (QED) is 0.760. The van der Waals surface area contributed by atoms with Crippen molar-refractivity contribution in [1.29, 1.82) is 0 Å². The van der Waals surface area contributed by atoms with E-state index in [4.69, 9.17) is 4.74 Å². The number of ether oxygens (including phenoxy) is 1. The number of aryl methyl sites for hydroxylation is 2. The first kappa shape index (κ1) is 18.5. The van der Waals surface area contributed by atoms with Crippen LogP contribution < -0.4 is 0 Å². The molecule has 140 valence electrons. The molecule has 1 aliphatic heterocycles. The van der Waals surface area contributed by atoms with Gasteiger partial charge in [0.05, 0.1) is 18.6 Å². The van der Waals surface area contributed by atoms with E-state index < -0.39 is 0 Å². The zero-order chi connectivity index (χ0) is 18.4. The highest BCUT2D eigenvalue weighted by Gasteiger charge is 2.26. The molecule has 0 unspecified atom stereocenters. The first-order valence-electron chi connectivity index (χ1n) is 9.31. The van der Waals surface area contributed by atoms with E-state index in [2.05, 4.69) is 15.0 Å². The van der Waals surface area contributed by atoms with Crippen molar-refractivity contribution < 1.29 is 9.53 Å². The normalized spacial score (nSPS) is 15.4. The third kappa shape index (κ3) is 4.66. The van der Waals surface area contributed by atoms with Crippen LogP contribution in [0.2, 0.25) is 0 Å². The molecule has 7 heteroatoms. The molecule has 3 heterocycles. The van der Waals surface area contributed by atoms with Crippen LogP contribution in [-0.4, -0.2) is 50.0 Å². The molecule has 0 radical (unpaired) electrons. The number of nitrogens with zero attached hydrogens (tertiary/aromatic N) is 5. The molecule has 26 heavy (non-hydrogen) atoms. The largest absolute Gasteiger partial charge is 0.377 e. The Bertz CT molecular complexity index is 709. The monoisotopic (exact) mass is 357 g/mol. The second-order valence-electron chi connectivity index (χ2n) is 6.67. The van der Waals surface area contributed by atoms with E-state index in [1.807, 2.05) is 35.7 Å². The highest BCUT2D eigenvalue weighted by Crippen LogP contribution is 2.29. The zero-order valence-electron chi connectivity index (χ0n) is 15.6. The molecule has 0 N–H and O–H groups in total. The van der Waals surface area contributed by atoms with Crippen LogP contribution in [0.1, 0.15) is 49.2 Å². The molecule has 0 bridgehead atoms. The van der Waals surface area contributed by atoms with E-state index in [1.54, 1.807) is 12.5 Å². The van der Waals surface area contributed by atoms with Crippen molar-refractivity contribution in [3.63, 3.8) is 0 Å². The predicted octanol–water partition coefficient (Wildman–Crippen LogP) is 2.31. The van der Waals surface area contributed by atoms with E-state index in [9.17, 15) is 4.79 Å². The molecule has 7 nitrogen and oxygen atoms in total. The van der Waals surface area contributed by atoms with Gasteiger partial charge in [-0.05, 0) is 26.7 Å². The molecular weight excluding hydrogens is 330 g/mol. The first-order chi connectivity index (χ1) is 12.7. The molecule has 0 spiro atoms. The molecule has 1 saturated heterocycles. The first-order valence-corrected chi connectivity index (χ1v) is 9.31. The Morgan fingerprint density at radius 3 is 2.85 bits per heavy atom. The maximum atomic E-state index is 12.4. The molecule has 3 rings (SSSR count). The number of likely N-dealkylation sites (tertiary alicyclic amines) is 1. The van der Waals surface area contributed by atoms with Gasteiger partial charge >= 0.3 is 0 Å². The minimum atomic E-state index is 0.213. The molecule has 0 atom stereocenters. The average Bonchev–Trinajstić information content (AvgIpc) is 3.19. The number of carbonyl (C=O) groups excluding carboxylic acids is 1. The summed E-state index contributed by atoms with van der Waals surface area (Å²) in [5, 5.41) is 0. The highest BCUT2D eigenvalue weighted by atomic mass is 16.5. The molecule has 1 aliphatic rings. The third-order valence-corrected chi connectivity index (χ3v) is 4.86. The second-order valence-corrected chi connectivity index (χ2v) is 6.67. The fraction of sp³-hybridized carbons (Fsp3) is 0.579. The molecule has 1 amide bonds. The van der Waals surface area contributed by atoms with Crippen molar-refractivity contribution in [3.8, 4) is 0 Å². The summed E-state index contributed by atoms with van der Waals surface area (Å²) in [5.74, 6) is 1.37. The maximum Gasteiger partial charge on any atom is 0.224 e.